The van der Waals surface area contributed by atoms with E-state index in [1.165, 1.54) is 6.92 Å². The Hall–Kier alpha value is -1.46. The van der Waals surface area contributed by atoms with Crippen molar-refractivity contribution >= 4 is 23.2 Å². The Labute approximate surface area is 170 Å². The molecule has 27 heavy (non-hydrogen) atoms. The zero-order valence-corrected chi connectivity index (χ0v) is 17.3. The van der Waals surface area contributed by atoms with E-state index in [2.05, 4.69) is 13.8 Å². The van der Waals surface area contributed by atoms with Crippen molar-refractivity contribution in [2.45, 2.75) is 37.4 Å². The fourth-order valence-corrected chi connectivity index (χ4v) is 2.70. The Kier molecular flexibility index (Phi) is 7.40. The summed E-state index contributed by atoms with van der Waals surface area (Å²) < 4.78 is 11.0. The molecule has 0 aromatic heterocycles. The monoisotopic (exact) mass is 412 g/mol. The standard InChI is InChI=1S/C21H26Cl2O4/c1-20(2,15-4-8-18(9-5-15)26-13-17(24)12-22)16-6-10-19(11-7-16)27-14-21(3,23)25/h4-11,17,24-25H,12-14H2,1-3H3. The SMILES string of the molecule is CC(O)(Cl)COc1ccc(C(C)(C)c2ccc(OCC(O)CCl)cc2)cc1. The van der Waals surface area contributed by atoms with Gasteiger partial charge in [0.05, 0.1) is 5.88 Å². The van der Waals surface area contributed by atoms with Gasteiger partial charge >= 0.3 is 0 Å². The van der Waals surface area contributed by atoms with E-state index in [9.17, 15) is 10.2 Å². The first kappa shape index (κ1) is 21.8. The molecule has 0 aliphatic rings. The van der Waals surface area contributed by atoms with E-state index >= 15 is 0 Å². The number of ether oxygens (including phenoxy) is 2. The predicted molar refractivity (Wildman–Crippen MR) is 109 cm³/mol. The van der Waals surface area contributed by atoms with E-state index < -0.39 is 11.2 Å². The van der Waals surface area contributed by atoms with Gasteiger partial charge in [-0.1, -0.05) is 49.7 Å². The molecule has 4 nitrogen and oxygen atoms in total. The van der Waals surface area contributed by atoms with Crippen molar-refractivity contribution in [1.29, 1.82) is 0 Å². The van der Waals surface area contributed by atoms with Gasteiger partial charge in [-0.3, -0.25) is 0 Å². The number of alkyl halides is 2. The minimum Gasteiger partial charge on any atom is -0.491 e. The second-order valence-electron chi connectivity index (χ2n) is 7.22. The summed E-state index contributed by atoms with van der Waals surface area (Å²) in [6.45, 7) is 5.94. The maximum Gasteiger partial charge on any atom is 0.169 e. The van der Waals surface area contributed by atoms with Gasteiger partial charge in [-0.2, -0.15) is 0 Å². The van der Waals surface area contributed by atoms with Crippen molar-refractivity contribution in [3.8, 4) is 11.5 Å². The molecule has 0 spiro atoms. The third kappa shape index (κ3) is 6.58. The third-order valence-electron chi connectivity index (χ3n) is 4.27. The molecular formula is C21H26Cl2O4. The lowest BCUT2D eigenvalue weighted by molar-refractivity contribution is 0.0852. The average Bonchev–Trinajstić information content (AvgIpc) is 2.64. The number of benzene rings is 2. The van der Waals surface area contributed by atoms with Crippen molar-refractivity contribution in [3.63, 3.8) is 0 Å². The minimum atomic E-state index is -1.39. The highest BCUT2D eigenvalue weighted by atomic mass is 35.5. The quantitative estimate of drug-likeness (QED) is 0.602. The molecule has 2 rings (SSSR count). The highest BCUT2D eigenvalue weighted by molar-refractivity contribution is 6.22. The molecule has 2 aromatic carbocycles. The van der Waals surface area contributed by atoms with Gasteiger partial charge in [0.1, 0.15) is 30.8 Å². The highest BCUT2D eigenvalue weighted by Crippen LogP contribution is 2.33. The molecule has 148 valence electrons. The zero-order valence-electron chi connectivity index (χ0n) is 15.8. The van der Waals surface area contributed by atoms with Crippen LogP contribution in [0.2, 0.25) is 0 Å². The van der Waals surface area contributed by atoms with Crippen LogP contribution in [0.3, 0.4) is 0 Å². The summed E-state index contributed by atoms with van der Waals surface area (Å²) in [6.07, 6.45) is -0.675. The maximum atomic E-state index is 9.53. The maximum absolute atomic E-state index is 9.53. The summed E-state index contributed by atoms with van der Waals surface area (Å²) >= 11 is 11.3. The summed E-state index contributed by atoms with van der Waals surface area (Å²) in [6, 6.07) is 15.5. The van der Waals surface area contributed by atoms with Crippen LogP contribution in [0.1, 0.15) is 31.9 Å². The Morgan fingerprint density at radius 1 is 0.889 bits per heavy atom. The average molecular weight is 413 g/mol. The largest absolute Gasteiger partial charge is 0.491 e. The van der Waals surface area contributed by atoms with Gasteiger partial charge < -0.3 is 19.7 Å². The molecule has 2 N–H and O–H groups in total. The molecule has 2 aromatic rings. The highest BCUT2D eigenvalue weighted by Gasteiger charge is 2.23. The molecule has 0 radical (unpaired) electrons. The van der Waals surface area contributed by atoms with Crippen LogP contribution in [0.4, 0.5) is 0 Å². The van der Waals surface area contributed by atoms with Crippen molar-refractivity contribution in [1.82, 2.24) is 0 Å². The van der Waals surface area contributed by atoms with Crippen molar-refractivity contribution in [2.24, 2.45) is 0 Å². The van der Waals surface area contributed by atoms with Gasteiger partial charge in [-0.25, -0.2) is 0 Å². The Balaban J connectivity index is 2.06. The summed E-state index contributed by atoms with van der Waals surface area (Å²) in [5.41, 5.74) is 2.04. The fourth-order valence-electron chi connectivity index (χ4n) is 2.55. The first-order chi connectivity index (χ1) is 12.6. The van der Waals surface area contributed by atoms with E-state index in [0.29, 0.717) is 11.5 Å². The lowest BCUT2D eigenvalue weighted by Gasteiger charge is -2.26. The van der Waals surface area contributed by atoms with Crippen molar-refractivity contribution in [2.75, 3.05) is 19.1 Å². The Morgan fingerprint density at radius 3 is 1.74 bits per heavy atom. The smallest absolute Gasteiger partial charge is 0.169 e. The summed E-state index contributed by atoms with van der Waals surface area (Å²) in [4.78, 5) is 0. The number of halogens is 2. The molecular weight excluding hydrogens is 387 g/mol. The number of rotatable bonds is 9. The molecule has 2 atom stereocenters. The van der Waals surface area contributed by atoms with Crippen LogP contribution in [-0.4, -0.2) is 40.5 Å². The van der Waals surface area contributed by atoms with Crippen LogP contribution in [0, 0.1) is 0 Å². The third-order valence-corrected chi connectivity index (χ3v) is 4.74. The molecule has 0 heterocycles. The second kappa shape index (κ2) is 9.16. The van der Waals surface area contributed by atoms with Gasteiger partial charge in [-0.15, -0.1) is 11.6 Å². The minimum absolute atomic E-state index is 0.0111. The van der Waals surface area contributed by atoms with Crippen molar-refractivity contribution < 1.29 is 19.7 Å². The lowest BCUT2D eigenvalue weighted by Crippen LogP contribution is -2.25. The molecule has 0 bridgehead atoms. The van der Waals surface area contributed by atoms with Crippen LogP contribution in [-0.2, 0) is 5.41 Å². The predicted octanol–water partition coefficient (Wildman–Crippen LogP) is 4.32. The van der Waals surface area contributed by atoms with Crippen LogP contribution in [0.5, 0.6) is 11.5 Å². The van der Waals surface area contributed by atoms with Crippen molar-refractivity contribution in [3.05, 3.63) is 59.7 Å². The lowest BCUT2D eigenvalue weighted by atomic mass is 9.78. The summed E-state index contributed by atoms with van der Waals surface area (Å²) in [5, 5.41) is 17.6. The normalized spacial score (nSPS) is 15.1. The molecule has 0 aliphatic heterocycles. The fraction of sp³-hybridized carbons (Fsp3) is 0.429. The number of hydrogen-bond donors (Lipinski definition) is 2. The van der Waals surface area contributed by atoms with Gasteiger partial charge in [0, 0.05) is 5.41 Å². The van der Waals surface area contributed by atoms with Gasteiger partial charge in [0.15, 0.2) is 5.06 Å². The number of aliphatic hydroxyl groups excluding tert-OH is 1. The molecule has 0 saturated carbocycles. The Morgan fingerprint density at radius 2 is 1.33 bits per heavy atom. The topological polar surface area (TPSA) is 58.9 Å². The van der Waals surface area contributed by atoms with E-state index in [0.717, 1.165) is 11.1 Å². The van der Waals surface area contributed by atoms with Crippen LogP contribution < -0.4 is 9.47 Å². The molecule has 2 unspecified atom stereocenters. The van der Waals surface area contributed by atoms with Crippen LogP contribution in [0.25, 0.3) is 0 Å². The van der Waals surface area contributed by atoms with Gasteiger partial charge in [0.25, 0.3) is 0 Å². The molecule has 0 fully saturated rings. The van der Waals surface area contributed by atoms with E-state index in [-0.39, 0.29) is 24.5 Å². The van der Waals surface area contributed by atoms with Crippen LogP contribution >= 0.6 is 23.2 Å². The van der Waals surface area contributed by atoms with E-state index in [1.807, 2.05) is 48.5 Å². The summed E-state index contributed by atoms with van der Waals surface area (Å²) in [5.74, 6) is 1.49. The molecule has 0 amide bonds. The first-order valence-corrected chi connectivity index (χ1v) is 9.65. The van der Waals surface area contributed by atoms with E-state index in [1.54, 1.807) is 0 Å². The first-order valence-electron chi connectivity index (χ1n) is 8.74. The number of hydrogen-bond acceptors (Lipinski definition) is 4. The van der Waals surface area contributed by atoms with Gasteiger partial charge in [0.2, 0.25) is 0 Å². The summed E-state index contributed by atoms with van der Waals surface area (Å²) in [7, 11) is 0. The van der Waals surface area contributed by atoms with Gasteiger partial charge in [-0.05, 0) is 42.3 Å². The molecule has 0 aliphatic carbocycles. The zero-order chi connectivity index (χ0) is 20.1. The van der Waals surface area contributed by atoms with E-state index in [4.69, 9.17) is 32.7 Å². The number of aliphatic hydroxyl groups is 2. The molecule has 6 heteroatoms. The Bertz CT molecular complexity index is 706. The second-order valence-corrected chi connectivity index (χ2v) is 8.35. The molecule has 0 saturated heterocycles. The van der Waals surface area contributed by atoms with Crippen LogP contribution in [0.15, 0.2) is 48.5 Å².